The van der Waals surface area contributed by atoms with Crippen molar-refractivity contribution in [3.8, 4) is 0 Å². The van der Waals surface area contributed by atoms with Crippen molar-refractivity contribution in [3.05, 3.63) is 89.6 Å². The fourth-order valence-electron chi connectivity index (χ4n) is 4.29. The summed E-state index contributed by atoms with van der Waals surface area (Å²) in [4.78, 5) is 40.9. The topological polar surface area (TPSA) is 91.7 Å². The second kappa shape index (κ2) is 11.0. The Kier molecular flexibility index (Phi) is 7.60. The molecule has 1 aliphatic carbocycles. The molecule has 0 saturated heterocycles. The lowest BCUT2D eigenvalue weighted by atomic mass is 10.0. The third-order valence-corrected chi connectivity index (χ3v) is 6.12. The normalized spacial score (nSPS) is 14.3. The molecule has 3 amide bonds. The molecule has 4 rings (SSSR count). The van der Waals surface area contributed by atoms with Crippen LogP contribution in [0.5, 0.6) is 0 Å². The predicted octanol–water partition coefficient (Wildman–Crippen LogP) is 4.29. The molecule has 0 spiro atoms. The van der Waals surface area contributed by atoms with Crippen molar-refractivity contribution < 1.29 is 23.2 Å². The van der Waals surface area contributed by atoms with E-state index in [0.717, 1.165) is 31.2 Å². The molecule has 1 saturated carbocycles. The van der Waals surface area contributed by atoms with Gasteiger partial charge in [0, 0.05) is 11.7 Å². The van der Waals surface area contributed by atoms with E-state index in [-0.39, 0.29) is 24.3 Å². The van der Waals surface area contributed by atoms with Crippen LogP contribution in [0.2, 0.25) is 0 Å². The number of nitrogens with one attached hydrogen (secondary N) is 2. The van der Waals surface area contributed by atoms with Crippen LogP contribution in [0.3, 0.4) is 0 Å². The molecule has 3 aromatic rings. The summed E-state index contributed by atoms with van der Waals surface area (Å²) >= 11 is 0. The molecule has 1 atom stereocenters. The summed E-state index contributed by atoms with van der Waals surface area (Å²) in [5, 5.41) is 5.63. The molecular weight excluding hydrogens is 449 g/mol. The molecular formula is C27H28FN3O4. The van der Waals surface area contributed by atoms with Gasteiger partial charge in [0.05, 0.1) is 12.8 Å². The van der Waals surface area contributed by atoms with E-state index < -0.39 is 23.7 Å². The summed E-state index contributed by atoms with van der Waals surface area (Å²) in [7, 11) is 0. The summed E-state index contributed by atoms with van der Waals surface area (Å²) in [6.45, 7) is 1.56. The number of benzene rings is 2. The Labute approximate surface area is 203 Å². The first-order valence-corrected chi connectivity index (χ1v) is 11.7. The zero-order valence-corrected chi connectivity index (χ0v) is 19.5. The zero-order chi connectivity index (χ0) is 24.8. The van der Waals surface area contributed by atoms with Gasteiger partial charge in [0.2, 0.25) is 11.8 Å². The molecule has 1 aromatic heterocycles. The van der Waals surface area contributed by atoms with Crippen molar-refractivity contribution in [2.75, 3.05) is 11.4 Å². The van der Waals surface area contributed by atoms with Gasteiger partial charge in [-0.05, 0) is 61.7 Å². The number of hydrogen-bond acceptors (Lipinski definition) is 4. The lowest BCUT2D eigenvalue weighted by molar-refractivity contribution is -0.126. The molecule has 0 bridgehead atoms. The van der Waals surface area contributed by atoms with Gasteiger partial charge in [0.15, 0.2) is 5.76 Å². The van der Waals surface area contributed by atoms with E-state index in [2.05, 4.69) is 10.6 Å². The van der Waals surface area contributed by atoms with Crippen LogP contribution in [0.15, 0.2) is 71.3 Å². The van der Waals surface area contributed by atoms with Gasteiger partial charge in [-0.25, -0.2) is 4.39 Å². The second-order valence-electron chi connectivity index (χ2n) is 8.70. The Hall–Kier alpha value is -3.94. The third-order valence-electron chi connectivity index (χ3n) is 6.12. The average Bonchev–Trinajstić information content (AvgIpc) is 3.57. The minimum atomic E-state index is -1.05. The lowest BCUT2D eigenvalue weighted by Crippen LogP contribution is -2.49. The third kappa shape index (κ3) is 5.95. The smallest absolute Gasteiger partial charge is 0.287 e. The van der Waals surface area contributed by atoms with Gasteiger partial charge in [0.1, 0.15) is 11.9 Å². The standard InChI is InChI=1S/C27H28FN3O4/c1-18-8-14-22(15-9-18)31(24(32)17-29-26(33)23-7-4-16-35-23)25(19-10-12-20(28)13-11-19)27(34)30-21-5-2-3-6-21/h4,7-16,21,25H,2-3,5-6,17H2,1H3,(H,29,33)(H,30,34)/t25-/m0/s1. The highest BCUT2D eigenvalue weighted by Crippen LogP contribution is 2.30. The van der Waals surface area contributed by atoms with Crippen LogP contribution in [0, 0.1) is 12.7 Å². The van der Waals surface area contributed by atoms with E-state index in [1.807, 2.05) is 19.1 Å². The highest BCUT2D eigenvalue weighted by Gasteiger charge is 2.34. The largest absolute Gasteiger partial charge is 0.459 e. The molecule has 1 fully saturated rings. The molecule has 2 aromatic carbocycles. The van der Waals surface area contributed by atoms with Gasteiger partial charge in [-0.2, -0.15) is 0 Å². The summed E-state index contributed by atoms with van der Waals surface area (Å²) in [5.41, 5.74) is 1.94. The van der Waals surface area contributed by atoms with E-state index >= 15 is 0 Å². The van der Waals surface area contributed by atoms with Gasteiger partial charge in [-0.15, -0.1) is 0 Å². The molecule has 0 unspecified atom stereocenters. The van der Waals surface area contributed by atoms with Crippen molar-refractivity contribution >= 4 is 23.4 Å². The predicted molar refractivity (Wildman–Crippen MR) is 129 cm³/mol. The molecule has 35 heavy (non-hydrogen) atoms. The highest BCUT2D eigenvalue weighted by molar-refractivity contribution is 6.04. The number of halogens is 1. The first-order chi connectivity index (χ1) is 16.9. The number of rotatable bonds is 8. The van der Waals surface area contributed by atoms with Crippen LogP contribution >= 0.6 is 0 Å². The van der Waals surface area contributed by atoms with Crippen LogP contribution in [-0.2, 0) is 9.59 Å². The minimum absolute atomic E-state index is 0.0269. The van der Waals surface area contributed by atoms with E-state index in [4.69, 9.17) is 4.42 Å². The molecule has 0 radical (unpaired) electrons. The monoisotopic (exact) mass is 477 g/mol. The van der Waals surface area contributed by atoms with E-state index in [1.165, 1.54) is 41.5 Å². The van der Waals surface area contributed by atoms with Crippen molar-refractivity contribution in [1.29, 1.82) is 0 Å². The van der Waals surface area contributed by atoms with E-state index in [1.54, 1.807) is 18.2 Å². The van der Waals surface area contributed by atoms with Gasteiger partial charge in [-0.3, -0.25) is 19.3 Å². The Balaban J connectivity index is 1.67. The van der Waals surface area contributed by atoms with Crippen LogP contribution in [-0.4, -0.2) is 30.3 Å². The quantitative estimate of drug-likeness (QED) is 0.506. The van der Waals surface area contributed by atoms with Crippen molar-refractivity contribution in [1.82, 2.24) is 10.6 Å². The minimum Gasteiger partial charge on any atom is -0.459 e. The summed E-state index contributed by atoms with van der Waals surface area (Å²) < 4.78 is 18.8. The second-order valence-corrected chi connectivity index (χ2v) is 8.70. The molecule has 7 nitrogen and oxygen atoms in total. The van der Waals surface area contributed by atoms with Gasteiger partial charge < -0.3 is 15.1 Å². The maximum Gasteiger partial charge on any atom is 0.287 e. The molecule has 2 N–H and O–H groups in total. The molecule has 0 aliphatic heterocycles. The maximum atomic E-state index is 13.7. The Bertz CT molecular complexity index is 1150. The number of anilines is 1. The van der Waals surface area contributed by atoms with Crippen LogP contribution in [0.4, 0.5) is 10.1 Å². The van der Waals surface area contributed by atoms with Crippen LogP contribution in [0.25, 0.3) is 0 Å². The first kappa shape index (κ1) is 24.2. The Morgan fingerprint density at radius 1 is 1.03 bits per heavy atom. The maximum absolute atomic E-state index is 13.7. The summed E-state index contributed by atoms with van der Waals surface area (Å²) in [5.74, 6) is -1.75. The number of furan rings is 1. The number of amides is 3. The molecule has 182 valence electrons. The molecule has 1 aliphatic rings. The summed E-state index contributed by atoms with van der Waals surface area (Å²) in [6, 6.07) is 14.8. The van der Waals surface area contributed by atoms with Crippen LogP contribution in [0.1, 0.15) is 53.4 Å². The number of carbonyl (C=O) groups is 3. The van der Waals surface area contributed by atoms with Crippen LogP contribution < -0.4 is 15.5 Å². The van der Waals surface area contributed by atoms with Crippen molar-refractivity contribution in [2.24, 2.45) is 0 Å². The van der Waals surface area contributed by atoms with Gasteiger partial charge >= 0.3 is 0 Å². The van der Waals surface area contributed by atoms with E-state index in [9.17, 15) is 18.8 Å². The van der Waals surface area contributed by atoms with Crippen molar-refractivity contribution in [2.45, 2.75) is 44.7 Å². The Morgan fingerprint density at radius 3 is 2.34 bits per heavy atom. The lowest BCUT2D eigenvalue weighted by Gasteiger charge is -2.32. The average molecular weight is 478 g/mol. The number of carbonyl (C=O) groups excluding carboxylic acids is 3. The van der Waals surface area contributed by atoms with Gasteiger partial charge in [0.25, 0.3) is 5.91 Å². The fourth-order valence-corrected chi connectivity index (χ4v) is 4.29. The van der Waals surface area contributed by atoms with Crippen molar-refractivity contribution in [3.63, 3.8) is 0 Å². The first-order valence-electron chi connectivity index (χ1n) is 11.7. The number of aryl methyl sites for hydroxylation is 1. The van der Waals surface area contributed by atoms with E-state index in [0.29, 0.717) is 11.3 Å². The SMILES string of the molecule is Cc1ccc(N(C(=O)CNC(=O)c2ccco2)[C@H](C(=O)NC2CCCC2)c2ccc(F)cc2)cc1. The summed E-state index contributed by atoms with van der Waals surface area (Å²) in [6.07, 6.45) is 5.18. The Morgan fingerprint density at radius 2 is 1.71 bits per heavy atom. The zero-order valence-electron chi connectivity index (χ0n) is 19.5. The van der Waals surface area contributed by atoms with Gasteiger partial charge in [-0.1, -0.05) is 42.7 Å². The number of hydrogen-bond donors (Lipinski definition) is 2. The number of nitrogens with zero attached hydrogens (tertiary/aromatic N) is 1. The fraction of sp³-hybridized carbons (Fsp3) is 0.296. The molecule has 1 heterocycles. The molecule has 8 heteroatoms. The highest BCUT2D eigenvalue weighted by atomic mass is 19.1.